The largest absolute Gasteiger partial charge is 0.511 e. The van der Waals surface area contributed by atoms with E-state index in [4.69, 9.17) is 15.9 Å². The van der Waals surface area contributed by atoms with E-state index in [2.05, 4.69) is 9.98 Å². The molecule has 0 amide bonds. The number of carbonyl (C=O) groups excluding carboxylic acids is 1. The van der Waals surface area contributed by atoms with E-state index in [1.807, 2.05) is 0 Å². The van der Waals surface area contributed by atoms with Crippen molar-refractivity contribution in [3.63, 3.8) is 0 Å². The fraction of sp³-hybridized carbons (Fsp3) is 0.600. The van der Waals surface area contributed by atoms with Gasteiger partial charge in [-0.2, -0.15) is 0 Å². The minimum Gasteiger partial charge on any atom is -0.511 e. The summed E-state index contributed by atoms with van der Waals surface area (Å²) in [5.74, 6) is 0.623. The Morgan fingerprint density at radius 2 is 1.85 bits per heavy atom. The molecular formula is C25H34N4O3S. The summed E-state index contributed by atoms with van der Waals surface area (Å²) >= 11 is 0.804. The van der Waals surface area contributed by atoms with Gasteiger partial charge in [-0.25, -0.2) is 9.79 Å². The highest BCUT2D eigenvalue weighted by Gasteiger charge is 2.48. The fourth-order valence-electron chi connectivity index (χ4n) is 5.61. The first-order valence-corrected chi connectivity index (χ1v) is 12.9. The summed E-state index contributed by atoms with van der Waals surface area (Å²) in [7, 11) is 0. The van der Waals surface area contributed by atoms with E-state index in [1.54, 1.807) is 24.5 Å². The van der Waals surface area contributed by atoms with E-state index in [1.165, 1.54) is 32.1 Å². The van der Waals surface area contributed by atoms with Crippen LogP contribution in [0.25, 0.3) is 0 Å². The maximum atomic E-state index is 13.1. The van der Waals surface area contributed by atoms with Crippen LogP contribution in [-0.4, -0.2) is 32.7 Å². The Balaban J connectivity index is 1.48. The Bertz CT molecular complexity index is 921. The van der Waals surface area contributed by atoms with Crippen molar-refractivity contribution in [3.8, 4) is 0 Å². The van der Waals surface area contributed by atoms with Gasteiger partial charge in [-0.1, -0.05) is 44.9 Å². The summed E-state index contributed by atoms with van der Waals surface area (Å²) in [6.45, 7) is 0. The third-order valence-electron chi connectivity index (χ3n) is 7.41. The van der Waals surface area contributed by atoms with Crippen LogP contribution >= 0.6 is 11.8 Å². The van der Waals surface area contributed by atoms with Crippen molar-refractivity contribution in [2.45, 2.75) is 82.7 Å². The molecule has 7 nitrogen and oxygen atoms in total. The van der Waals surface area contributed by atoms with Crippen molar-refractivity contribution in [3.05, 3.63) is 40.8 Å². The van der Waals surface area contributed by atoms with Crippen LogP contribution in [0.1, 0.15) is 82.6 Å². The maximum Gasteiger partial charge on any atom is 0.349 e. The lowest BCUT2D eigenvalue weighted by Gasteiger charge is -2.42. The molecular weight excluding hydrogens is 436 g/mol. The summed E-state index contributed by atoms with van der Waals surface area (Å²) in [5.41, 5.74) is 6.00. The number of aliphatic hydroxyl groups excluding tert-OH is 1. The first-order chi connectivity index (χ1) is 16.0. The number of aromatic nitrogens is 1. The van der Waals surface area contributed by atoms with E-state index >= 15 is 0 Å². The van der Waals surface area contributed by atoms with Gasteiger partial charge in [-0.3, -0.25) is 10.4 Å². The Labute approximate surface area is 199 Å². The summed E-state index contributed by atoms with van der Waals surface area (Å²) in [6.07, 6.45) is 16.1. The number of cyclic esters (lactones) is 1. The molecule has 178 valence electrons. The molecule has 0 bridgehead atoms. The van der Waals surface area contributed by atoms with E-state index in [0.29, 0.717) is 23.8 Å². The zero-order valence-corrected chi connectivity index (χ0v) is 19.9. The molecule has 1 aliphatic heterocycles. The molecule has 3 aliphatic rings. The predicted molar refractivity (Wildman–Crippen MR) is 131 cm³/mol. The molecule has 8 heteroatoms. The van der Waals surface area contributed by atoms with Gasteiger partial charge in [0.25, 0.3) is 0 Å². The molecule has 2 aliphatic carbocycles. The van der Waals surface area contributed by atoms with Gasteiger partial charge >= 0.3 is 5.97 Å². The highest BCUT2D eigenvalue weighted by atomic mass is 32.2. The van der Waals surface area contributed by atoms with Crippen LogP contribution in [0.15, 0.2) is 40.2 Å². The lowest BCUT2D eigenvalue weighted by atomic mass is 9.75. The Morgan fingerprint density at radius 1 is 1.18 bits per heavy atom. The Hall–Kier alpha value is -2.35. The number of pyridine rings is 1. The highest BCUT2D eigenvalue weighted by molar-refractivity contribution is 8.17. The van der Waals surface area contributed by atoms with Gasteiger partial charge in [-0.15, -0.1) is 0 Å². The van der Waals surface area contributed by atoms with Crippen molar-refractivity contribution in [1.82, 2.24) is 4.98 Å². The molecule has 4 N–H and O–H groups in total. The Morgan fingerprint density at radius 3 is 2.52 bits per heavy atom. The quantitative estimate of drug-likeness (QED) is 0.288. The molecule has 1 atom stereocenters. The van der Waals surface area contributed by atoms with Crippen molar-refractivity contribution < 1.29 is 14.6 Å². The number of aliphatic imine (C=N–C) groups is 1. The number of hydrogen-bond donors (Lipinski definition) is 3. The predicted octanol–water partition coefficient (Wildman–Crippen LogP) is 5.46. The lowest BCUT2D eigenvalue weighted by molar-refractivity contribution is -0.166. The second-order valence-corrected chi connectivity index (χ2v) is 10.6. The van der Waals surface area contributed by atoms with Gasteiger partial charge in [0.05, 0.1) is 0 Å². The molecule has 0 saturated heterocycles. The van der Waals surface area contributed by atoms with E-state index in [9.17, 15) is 9.90 Å². The van der Waals surface area contributed by atoms with Crippen LogP contribution < -0.4 is 5.73 Å². The minimum absolute atomic E-state index is 0.0224. The van der Waals surface area contributed by atoms with Crippen LogP contribution in [0.3, 0.4) is 0 Å². The summed E-state index contributed by atoms with van der Waals surface area (Å²) < 4.78 is 6.16. The lowest BCUT2D eigenvalue weighted by Crippen LogP contribution is -2.45. The van der Waals surface area contributed by atoms with Crippen LogP contribution in [0.4, 0.5) is 0 Å². The molecule has 2 saturated carbocycles. The highest BCUT2D eigenvalue weighted by Crippen LogP contribution is 2.48. The monoisotopic (exact) mass is 470 g/mol. The van der Waals surface area contributed by atoms with E-state index < -0.39 is 11.6 Å². The molecule has 4 rings (SSSR count). The zero-order valence-electron chi connectivity index (χ0n) is 19.1. The molecule has 1 aromatic heterocycles. The van der Waals surface area contributed by atoms with Crippen LogP contribution in [0.2, 0.25) is 0 Å². The summed E-state index contributed by atoms with van der Waals surface area (Å²) in [5, 5.41) is 19.0. The van der Waals surface area contributed by atoms with E-state index in [0.717, 1.165) is 50.3 Å². The second kappa shape index (κ2) is 10.7. The number of amidine groups is 2. The number of carbonyl (C=O) groups is 1. The number of esters is 1. The standard InChI is InChI=1S/C25H34N4O3S/c26-22(18-11-14-28-15-12-18)29-24(27)33-21-20(30)16-25(32-23(21)31,19-8-4-5-9-19)13-10-17-6-2-1-3-7-17/h11-12,14-15,17,19,30H,1-10,13,16H2,(H3,26,27,29). The summed E-state index contributed by atoms with van der Waals surface area (Å²) in [6, 6.07) is 3.40. The average Bonchev–Trinajstić information content (AvgIpc) is 3.37. The zero-order chi connectivity index (χ0) is 23.3. The molecule has 0 spiro atoms. The molecule has 1 aromatic rings. The van der Waals surface area contributed by atoms with Gasteiger partial charge in [0.15, 0.2) is 5.17 Å². The SMILES string of the molecule is N=C(/N=C(\N)c1ccncc1)SC1=C(O)CC(CCC2CCCCC2)(C2CCCC2)OC1=O. The number of nitrogens with zero attached hydrogens (tertiary/aromatic N) is 2. The third kappa shape index (κ3) is 5.78. The summed E-state index contributed by atoms with van der Waals surface area (Å²) in [4.78, 5) is 21.1. The van der Waals surface area contributed by atoms with Crippen molar-refractivity contribution in [1.29, 1.82) is 5.41 Å². The number of ether oxygens (including phenoxy) is 1. The third-order valence-corrected chi connectivity index (χ3v) is 8.30. The smallest absolute Gasteiger partial charge is 0.349 e. The van der Waals surface area contributed by atoms with Crippen LogP contribution in [0, 0.1) is 17.2 Å². The average molecular weight is 471 g/mol. The van der Waals surface area contributed by atoms with Gasteiger partial charge in [-0.05, 0) is 61.4 Å². The number of thioether (sulfide) groups is 1. The number of nitrogens with two attached hydrogens (primary N) is 1. The maximum absolute atomic E-state index is 13.1. The van der Waals surface area contributed by atoms with E-state index in [-0.39, 0.29) is 21.7 Å². The van der Waals surface area contributed by atoms with Gasteiger partial charge in [0.1, 0.15) is 22.1 Å². The number of nitrogens with one attached hydrogen (secondary N) is 1. The van der Waals surface area contributed by atoms with Crippen LogP contribution in [-0.2, 0) is 9.53 Å². The molecule has 1 unspecified atom stereocenters. The minimum atomic E-state index is -0.624. The molecule has 2 fully saturated rings. The topological polar surface area (TPSA) is 122 Å². The molecule has 0 aromatic carbocycles. The molecule has 0 radical (unpaired) electrons. The van der Waals surface area contributed by atoms with Gasteiger partial charge in [0, 0.05) is 24.4 Å². The van der Waals surface area contributed by atoms with Gasteiger partial charge < -0.3 is 15.6 Å². The van der Waals surface area contributed by atoms with Crippen molar-refractivity contribution in [2.75, 3.05) is 0 Å². The Kier molecular flexibility index (Phi) is 7.73. The molecule has 2 heterocycles. The normalized spacial score (nSPS) is 25.3. The van der Waals surface area contributed by atoms with Crippen molar-refractivity contribution >= 4 is 28.7 Å². The van der Waals surface area contributed by atoms with Crippen molar-refractivity contribution in [2.24, 2.45) is 22.6 Å². The second-order valence-electron chi connectivity index (χ2n) is 9.57. The van der Waals surface area contributed by atoms with Gasteiger partial charge in [0.2, 0.25) is 0 Å². The fourth-order valence-corrected chi connectivity index (χ4v) is 6.26. The first-order valence-electron chi connectivity index (χ1n) is 12.1. The number of aliphatic hydroxyl groups is 1. The molecule has 33 heavy (non-hydrogen) atoms. The van der Waals surface area contributed by atoms with Crippen LogP contribution in [0.5, 0.6) is 0 Å². The number of hydrogen-bond acceptors (Lipinski definition) is 6. The number of rotatable bonds is 6. The first kappa shape index (κ1) is 23.8.